The highest BCUT2D eigenvalue weighted by molar-refractivity contribution is 9.09. The van der Waals surface area contributed by atoms with Gasteiger partial charge in [-0.3, -0.25) is 4.79 Å². The van der Waals surface area contributed by atoms with E-state index in [1.807, 2.05) is 0 Å². The minimum atomic E-state index is 0.241. The van der Waals surface area contributed by atoms with Crippen LogP contribution in [0, 0.1) is 17.8 Å². The summed E-state index contributed by atoms with van der Waals surface area (Å²) in [4.78, 5) is 11.6. The first-order valence-electron chi connectivity index (χ1n) is 4.92. The maximum Gasteiger partial charge on any atom is 0.223 e. The lowest BCUT2D eigenvalue weighted by Gasteiger charge is -2.19. The van der Waals surface area contributed by atoms with Crippen molar-refractivity contribution in [2.24, 2.45) is 17.8 Å². The Morgan fingerprint density at radius 2 is 2.15 bits per heavy atom. The van der Waals surface area contributed by atoms with Gasteiger partial charge in [0.15, 0.2) is 0 Å². The van der Waals surface area contributed by atoms with Gasteiger partial charge in [0.2, 0.25) is 5.91 Å². The smallest absolute Gasteiger partial charge is 0.223 e. The summed E-state index contributed by atoms with van der Waals surface area (Å²) >= 11 is 3.41. The van der Waals surface area contributed by atoms with Crippen LogP contribution in [0.25, 0.3) is 0 Å². The standard InChI is InChI=1S/C10H18BrNO/c1-6(2)9(5-11)12-10(13)8-4-7(8)3/h6-9H,4-5H2,1-3H3,(H,12,13). The molecule has 1 saturated carbocycles. The van der Waals surface area contributed by atoms with Crippen molar-refractivity contribution in [2.75, 3.05) is 5.33 Å². The number of carbonyl (C=O) groups is 1. The Labute approximate surface area is 88.6 Å². The van der Waals surface area contributed by atoms with E-state index >= 15 is 0 Å². The fraction of sp³-hybridized carbons (Fsp3) is 0.900. The van der Waals surface area contributed by atoms with E-state index in [1.54, 1.807) is 0 Å². The lowest BCUT2D eigenvalue weighted by molar-refractivity contribution is -0.123. The summed E-state index contributed by atoms with van der Waals surface area (Å²) in [6, 6.07) is 0.278. The molecular formula is C10H18BrNO. The first-order valence-corrected chi connectivity index (χ1v) is 6.04. The Hall–Kier alpha value is -0.0500. The summed E-state index contributed by atoms with van der Waals surface area (Å²) in [5, 5.41) is 3.92. The Bertz CT molecular complexity index is 193. The van der Waals surface area contributed by atoms with Gasteiger partial charge in [-0.15, -0.1) is 0 Å². The second kappa shape index (κ2) is 4.45. The third kappa shape index (κ3) is 2.97. The highest BCUT2D eigenvalue weighted by Crippen LogP contribution is 2.37. The molecule has 3 atom stereocenters. The number of alkyl halides is 1. The molecule has 1 N–H and O–H groups in total. The van der Waals surface area contributed by atoms with E-state index in [1.165, 1.54) is 0 Å². The zero-order chi connectivity index (χ0) is 10.0. The zero-order valence-electron chi connectivity index (χ0n) is 8.51. The lowest BCUT2D eigenvalue weighted by Crippen LogP contribution is -2.40. The maximum atomic E-state index is 11.6. The first kappa shape index (κ1) is 11.0. The Morgan fingerprint density at radius 1 is 1.62 bits per heavy atom. The van der Waals surface area contributed by atoms with Crippen LogP contribution in [0.5, 0.6) is 0 Å². The predicted molar refractivity (Wildman–Crippen MR) is 57.8 cm³/mol. The Kier molecular flexibility index (Phi) is 3.77. The molecule has 3 unspecified atom stereocenters. The fourth-order valence-electron chi connectivity index (χ4n) is 1.36. The van der Waals surface area contributed by atoms with Gasteiger partial charge in [0.25, 0.3) is 0 Å². The molecule has 0 aromatic heterocycles. The van der Waals surface area contributed by atoms with Crippen molar-refractivity contribution in [3.8, 4) is 0 Å². The van der Waals surface area contributed by atoms with Gasteiger partial charge < -0.3 is 5.32 Å². The van der Waals surface area contributed by atoms with Crippen molar-refractivity contribution in [1.82, 2.24) is 5.32 Å². The average molecular weight is 248 g/mol. The van der Waals surface area contributed by atoms with E-state index in [0.29, 0.717) is 17.8 Å². The lowest BCUT2D eigenvalue weighted by atomic mass is 10.1. The van der Waals surface area contributed by atoms with Crippen LogP contribution in [0.1, 0.15) is 27.2 Å². The molecule has 3 heteroatoms. The number of nitrogens with one attached hydrogen (secondary N) is 1. The fourth-order valence-corrected chi connectivity index (χ4v) is 2.27. The van der Waals surface area contributed by atoms with Crippen molar-refractivity contribution in [2.45, 2.75) is 33.2 Å². The highest BCUT2D eigenvalue weighted by Gasteiger charge is 2.39. The van der Waals surface area contributed by atoms with Crippen LogP contribution < -0.4 is 5.32 Å². The van der Waals surface area contributed by atoms with Crippen molar-refractivity contribution < 1.29 is 4.79 Å². The molecule has 1 rings (SSSR count). The van der Waals surface area contributed by atoms with E-state index in [4.69, 9.17) is 0 Å². The van der Waals surface area contributed by atoms with Crippen LogP contribution in [0.4, 0.5) is 0 Å². The molecule has 0 saturated heterocycles. The van der Waals surface area contributed by atoms with Crippen molar-refractivity contribution in [3.05, 3.63) is 0 Å². The maximum absolute atomic E-state index is 11.6. The number of rotatable bonds is 4. The second-order valence-electron chi connectivity index (χ2n) is 4.33. The summed E-state index contributed by atoms with van der Waals surface area (Å²) in [5.41, 5.74) is 0. The van der Waals surface area contributed by atoms with Crippen LogP contribution in [0.2, 0.25) is 0 Å². The molecule has 13 heavy (non-hydrogen) atoms. The van der Waals surface area contributed by atoms with Gasteiger partial charge in [-0.1, -0.05) is 36.7 Å². The predicted octanol–water partition coefficient (Wildman–Crippen LogP) is 2.18. The molecule has 0 heterocycles. The van der Waals surface area contributed by atoms with Gasteiger partial charge >= 0.3 is 0 Å². The van der Waals surface area contributed by atoms with E-state index in [-0.39, 0.29) is 11.9 Å². The molecule has 0 aromatic carbocycles. The third-order valence-electron chi connectivity index (χ3n) is 2.74. The molecule has 76 valence electrons. The average Bonchev–Trinajstić information content (AvgIpc) is 2.77. The third-order valence-corrected chi connectivity index (χ3v) is 3.44. The van der Waals surface area contributed by atoms with Crippen molar-refractivity contribution in [1.29, 1.82) is 0 Å². The molecular weight excluding hydrogens is 230 g/mol. The number of amides is 1. The highest BCUT2D eigenvalue weighted by atomic mass is 79.9. The summed E-state index contributed by atoms with van der Waals surface area (Å²) in [5.74, 6) is 1.63. The molecule has 1 aliphatic rings. The monoisotopic (exact) mass is 247 g/mol. The first-order chi connectivity index (χ1) is 6.06. The summed E-state index contributed by atoms with van der Waals surface area (Å²) in [7, 11) is 0. The van der Waals surface area contributed by atoms with E-state index in [9.17, 15) is 4.79 Å². The van der Waals surface area contributed by atoms with Crippen LogP contribution in [0.3, 0.4) is 0 Å². The quantitative estimate of drug-likeness (QED) is 0.759. The normalized spacial score (nSPS) is 28.7. The van der Waals surface area contributed by atoms with E-state index < -0.39 is 0 Å². The van der Waals surface area contributed by atoms with Gasteiger partial charge in [-0.05, 0) is 18.3 Å². The summed E-state index contributed by atoms with van der Waals surface area (Å²) in [6.45, 7) is 6.38. The number of carbonyl (C=O) groups excluding carboxylic acids is 1. The van der Waals surface area contributed by atoms with Crippen LogP contribution in [-0.4, -0.2) is 17.3 Å². The summed E-state index contributed by atoms with van der Waals surface area (Å²) < 4.78 is 0. The SMILES string of the molecule is CC(C)C(CBr)NC(=O)C1CC1C. The van der Waals surface area contributed by atoms with E-state index in [0.717, 1.165) is 11.8 Å². The number of halogens is 1. The zero-order valence-corrected chi connectivity index (χ0v) is 10.1. The molecule has 2 nitrogen and oxygen atoms in total. The largest absolute Gasteiger partial charge is 0.352 e. The van der Waals surface area contributed by atoms with Gasteiger partial charge in [0.1, 0.15) is 0 Å². The van der Waals surface area contributed by atoms with Crippen molar-refractivity contribution >= 4 is 21.8 Å². The van der Waals surface area contributed by atoms with Gasteiger partial charge in [-0.2, -0.15) is 0 Å². The minimum Gasteiger partial charge on any atom is -0.352 e. The Balaban J connectivity index is 2.33. The number of hydrogen-bond acceptors (Lipinski definition) is 1. The molecule has 0 aromatic rings. The molecule has 1 fully saturated rings. The van der Waals surface area contributed by atoms with Gasteiger partial charge in [0.05, 0.1) is 0 Å². The van der Waals surface area contributed by atoms with Crippen LogP contribution >= 0.6 is 15.9 Å². The van der Waals surface area contributed by atoms with Gasteiger partial charge in [0, 0.05) is 17.3 Å². The molecule has 1 amide bonds. The van der Waals surface area contributed by atoms with Crippen LogP contribution in [0.15, 0.2) is 0 Å². The second-order valence-corrected chi connectivity index (χ2v) is 4.98. The molecule has 0 radical (unpaired) electrons. The molecule has 0 aliphatic heterocycles. The van der Waals surface area contributed by atoms with Crippen LogP contribution in [-0.2, 0) is 4.79 Å². The number of hydrogen-bond donors (Lipinski definition) is 1. The van der Waals surface area contributed by atoms with E-state index in [2.05, 4.69) is 42.0 Å². The van der Waals surface area contributed by atoms with Crippen molar-refractivity contribution in [3.63, 3.8) is 0 Å². The summed E-state index contributed by atoms with van der Waals surface area (Å²) in [6.07, 6.45) is 1.07. The molecule has 0 bridgehead atoms. The topological polar surface area (TPSA) is 29.1 Å². The Morgan fingerprint density at radius 3 is 2.46 bits per heavy atom. The molecule has 1 aliphatic carbocycles. The minimum absolute atomic E-state index is 0.241. The molecule has 0 spiro atoms. The van der Waals surface area contributed by atoms with Gasteiger partial charge in [-0.25, -0.2) is 0 Å².